The first kappa shape index (κ1) is 16.9. The molecule has 1 aliphatic carbocycles. The van der Waals surface area contributed by atoms with Gasteiger partial charge in [-0.15, -0.1) is 0 Å². The van der Waals surface area contributed by atoms with Crippen molar-refractivity contribution in [1.82, 2.24) is 19.5 Å². The molecule has 0 saturated heterocycles. The van der Waals surface area contributed by atoms with Crippen LogP contribution in [0.25, 0.3) is 21.8 Å². The SMILES string of the molecule is Cc1cccc2cc([C@H](C)Nc3ncnc4[nH]cc(F)c34)n(C3CC3)c(=O)c12. The average Bonchev–Trinajstić information content (AvgIpc) is 3.44. The fraction of sp³-hybridized carbons (Fsp3) is 0.286. The molecule has 3 heterocycles. The van der Waals surface area contributed by atoms with Gasteiger partial charge in [-0.2, -0.15) is 0 Å². The number of nitrogens with one attached hydrogen (secondary N) is 2. The van der Waals surface area contributed by atoms with Gasteiger partial charge in [0, 0.05) is 17.9 Å². The lowest BCUT2D eigenvalue weighted by molar-refractivity contribution is 0.632. The normalized spacial score (nSPS) is 15.2. The highest BCUT2D eigenvalue weighted by atomic mass is 19.1. The summed E-state index contributed by atoms with van der Waals surface area (Å²) in [5, 5.41) is 5.30. The zero-order valence-electron chi connectivity index (χ0n) is 15.7. The number of pyridine rings is 1. The lowest BCUT2D eigenvalue weighted by atomic mass is 10.0. The van der Waals surface area contributed by atoms with Gasteiger partial charge < -0.3 is 14.9 Å². The standard InChI is InChI=1S/C21H20FN5O/c1-11-4-3-5-13-8-16(27(14-6-7-14)21(28)17(11)13)12(2)26-20-18-15(22)9-23-19(18)24-10-25-20/h3-5,8-10,12,14H,6-7H2,1-2H3,(H2,23,24,25,26)/t12-/m0/s1. The third-order valence-corrected chi connectivity index (χ3v) is 5.45. The molecule has 28 heavy (non-hydrogen) atoms. The first-order valence-electron chi connectivity index (χ1n) is 9.43. The second-order valence-corrected chi connectivity index (χ2v) is 7.46. The van der Waals surface area contributed by atoms with Crippen molar-refractivity contribution in [3.8, 4) is 0 Å². The summed E-state index contributed by atoms with van der Waals surface area (Å²) in [7, 11) is 0. The summed E-state index contributed by atoms with van der Waals surface area (Å²) in [6.45, 7) is 3.93. The molecule has 5 rings (SSSR count). The van der Waals surface area contributed by atoms with Crippen molar-refractivity contribution in [3.63, 3.8) is 0 Å². The Kier molecular flexibility index (Phi) is 3.72. The van der Waals surface area contributed by atoms with Crippen molar-refractivity contribution in [2.45, 2.75) is 38.8 Å². The number of rotatable bonds is 4. The number of hydrogen-bond acceptors (Lipinski definition) is 4. The van der Waals surface area contributed by atoms with Crippen LogP contribution in [-0.2, 0) is 0 Å². The van der Waals surface area contributed by atoms with Gasteiger partial charge in [0.25, 0.3) is 5.56 Å². The zero-order valence-corrected chi connectivity index (χ0v) is 15.7. The summed E-state index contributed by atoms with van der Waals surface area (Å²) in [6.07, 6.45) is 4.67. The highest BCUT2D eigenvalue weighted by molar-refractivity contribution is 5.88. The first-order chi connectivity index (χ1) is 13.5. The summed E-state index contributed by atoms with van der Waals surface area (Å²) < 4.78 is 16.1. The third-order valence-electron chi connectivity index (χ3n) is 5.45. The Bertz CT molecular complexity index is 1270. The van der Waals surface area contributed by atoms with Crippen LogP contribution in [0.4, 0.5) is 10.2 Å². The minimum absolute atomic E-state index is 0.0439. The predicted octanol–water partition coefficient (Wildman–Crippen LogP) is 4.23. The van der Waals surface area contributed by atoms with Crippen molar-refractivity contribution in [3.05, 3.63) is 64.2 Å². The van der Waals surface area contributed by atoms with Gasteiger partial charge in [0.05, 0.1) is 16.8 Å². The smallest absolute Gasteiger partial charge is 0.259 e. The van der Waals surface area contributed by atoms with Crippen LogP contribution in [-0.4, -0.2) is 19.5 Å². The highest BCUT2D eigenvalue weighted by Gasteiger charge is 2.29. The van der Waals surface area contributed by atoms with E-state index < -0.39 is 5.82 Å². The maximum Gasteiger partial charge on any atom is 0.259 e. The van der Waals surface area contributed by atoms with Crippen molar-refractivity contribution >= 4 is 27.6 Å². The van der Waals surface area contributed by atoms with Crippen LogP contribution in [0, 0.1) is 12.7 Å². The van der Waals surface area contributed by atoms with Gasteiger partial charge in [0.1, 0.15) is 17.8 Å². The maximum atomic E-state index is 14.2. The average molecular weight is 377 g/mol. The number of aromatic nitrogens is 4. The second kappa shape index (κ2) is 6.15. The number of anilines is 1. The van der Waals surface area contributed by atoms with E-state index in [-0.39, 0.29) is 17.6 Å². The Morgan fingerprint density at radius 2 is 2.11 bits per heavy atom. The summed E-state index contributed by atoms with van der Waals surface area (Å²) in [4.78, 5) is 24.4. The molecule has 4 aromatic rings. The largest absolute Gasteiger partial charge is 0.361 e. The Hall–Kier alpha value is -3.22. The Labute approximate surface area is 160 Å². The third kappa shape index (κ3) is 2.58. The summed E-state index contributed by atoms with van der Waals surface area (Å²) in [5.74, 6) is 0.00871. The number of aryl methyl sites for hydroxylation is 1. The highest BCUT2D eigenvalue weighted by Crippen LogP contribution is 2.37. The lowest BCUT2D eigenvalue weighted by Gasteiger charge is -2.21. The Morgan fingerprint density at radius 1 is 1.29 bits per heavy atom. The van der Waals surface area contributed by atoms with Crippen LogP contribution < -0.4 is 10.9 Å². The topological polar surface area (TPSA) is 75.6 Å². The van der Waals surface area contributed by atoms with E-state index in [9.17, 15) is 9.18 Å². The molecule has 1 aliphatic rings. The van der Waals surface area contributed by atoms with E-state index in [2.05, 4.69) is 26.3 Å². The minimum atomic E-state index is -0.404. The van der Waals surface area contributed by atoms with Crippen LogP contribution in [0.3, 0.4) is 0 Å². The van der Waals surface area contributed by atoms with E-state index in [1.807, 2.05) is 36.6 Å². The molecule has 1 aromatic carbocycles. The van der Waals surface area contributed by atoms with E-state index >= 15 is 0 Å². The Balaban J connectivity index is 1.65. The van der Waals surface area contributed by atoms with E-state index in [1.165, 1.54) is 12.5 Å². The van der Waals surface area contributed by atoms with Gasteiger partial charge in [-0.3, -0.25) is 4.79 Å². The van der Waals surface area contributed by atoms with Crippen molar-refractivity contribution < 1.29 is 4.39 Å². The fourth-order valence-corrected chi connectivity index (χ4v) is 3.93. The molecule has 1 fully saturated rings. The second-order valence-electron chi connectivity index (χ2n) is 7.46. The zero-order chi connectivity index (χ0) is 19.4. The molecule has 0 aliphatic heterocycles. The number of hydrogen-bond donors (Lipinski definition) is 2. The summed E-state index contributed by atoms with van der Waals surface area (Å²) in [6, 6.07) is 7.95. The Morgan fingerprint density at radius 3 is 2.89 bits per heavy atom. The van der Waals surface area contributed by atoms with E-state index in [0.717, 1.165) is 34.9 Å². The van der Waals surface area contributed by atoms with Gasteiger partial charge in [-0.05, 0) is 43.7 Å². The molecule has 2 N–H and O–H groups in total. The minimum Gasteiger partial charge on any atom is -0.361 e. The van der Waals surface area contributed by atoms with Gasteiger partial charge >= 0.3 is 0 Å². The van der Waals surface area contributed by atoms with Gasteiger partial charge in [0.15, 0.2) is 5.82 Å². The van der Waals surface area contributed by atoms with E-state index in [4.69, 9.17) is 0 Å². The molecule has 0 spiro atoms. The number of H-pyrrole nitrogens is 1. The monoisotopic (exact) mass is 377 g/mol. The van der Waals surface area contributed by atoms with Crippen LogP contribution >= 0.6 is 0 Å². The molecule has 3 aromatic heterocycles. The number of benzene rings is 1. The van der Waals surface area contributed by atoms with Crippen molar-refractivity contribution in [1.29, 1.82) is 0 Å². The van der Waals surface area contributed by atoms with Gasteiger partial charge in [-0.25, -0.2) is 14.4 Å². The fourth-order valence-electron chi connectivity index (χ4n) is 3.93. The predicted molar refractivity (Wildman–Crippen MR) is 107 cm³/mol. The van der Waals surface area contributed by atoms with Gasteiger partial charge in [0.2, 0.25) is 0 Å². The molecule has 0 amide bonds. The molecular weight excluding hydrogens is 357 g/mol. The molecule has 6 nitrogen and oxygen atoms in total. The summed E-state index contributed by atoms with van der Waals surface area (Å²) in [5.41, 5.74) is 2.35. The van der Waals surface area contributed by atoms with E-state index in [1.54, 1.807) is 0 Å². The van der Waals surface area contributed by atoms with Crippen LogP contribution in [0.5, 0.6) is 0 Å². The quantitative estimate of drug-likeness (QED) is 0.558. The number of nitrogens with zero attached hydrogens (tertiary/aromatic N) is 3. The molecule has 0 bridgehead atoms. The molecular formula is C21H20FN5O. The number of fused-ring (bicyclic) bond motifs is 2. The van der Waals surface area contributed by atoms with Crippen LogP contribution in [0.1, 0.15) is 43.1 Å². The molecule has 0 radical (unpaired) electrons. The first-order valence-corrected chi connectivity index (χ1v) is 9.43. The maximum absolute atomic E-state index is 14.2. The molecule has 0 unspecified atom stereocenters. The number of aromatic amines is 1. The van der Waals surface area contributed by atoms with E-state index in [0.29, 0.717) is 16.9 Å². The van der Waals surface area contributed by atoms with Crippen molar-refractivity contribution in [2.75, 3.05) is 5.32 Å². The molecule has 142 valence electrons. The number of halogens is 1. The molecule has 1 saturated carbocycles. The molecule has 7 heteroatoms. The summed E-state index contributed by atoms with van der Waals surface area (Å²) >= 11 is 0. The van der Waals surface area contributed by atoms with Gasteiger partial charge in [-0.1, -0.05) is 18.2 Å². The lowest BCUT2D eigenvalue weighted by Crippen LogP contribution is -2.26. The van der Waals surface area contributed by atoms with Crippen LogP contribution in [0.2, 0.25) is 0 Å². The molecule has 1 atom stereocenters. The van der Waals surface area contributed by atoms with Crippen LogP contribution in [0.15, 0.2) is 41.6 Å². The van der Waals surface area contributed by atoms with Crippen molar-refractivity contribution in [2.24, 2.45) is 0 Å².